The van der Waals surface area contributed by atoms with Gasteiger partial charge >= 0.3 is 0 Å². The highest BCUT2D eigenvalue weighted by Crippen LogP contribution is 2.24. The van der Waals surface area contributed by atoms with E-state index in [-0.39, 0.29) is 17.2 Å². The Labute approximate surface area is 143 Å². The molecule has 0 radical (unpaired) electrons. The lowest BCUT2D eigenvalue weighted by Crippen LogP contribution is -2.26. The fraction of sp³-hybridized carbons (Fsp3) is 0.125. The first-order valence-corrected chi connectivity index (χ1v) is 8.89. The van der Waals surface area contributed by atoms with Crippen LogP contribution in [0.25, 0.3) is 10.9 Å². The minimum absolute atomic E-state index is 0.0665. The smallest absolute Gasteiger partial charge is 0.289 e. The number of benzene rings is 2. The summed E-state index contributed by atoms with van der Waals surface area (Å²) < 4.78 is 27.1. The summed E-state index contributed by atoms with van der Waals surface area (Å²) in [6, 6.07) is 10.1. The van der Waals surface area contributed by atoms with Crippen LogP contribution in [0.1, 0.15) is 5.56 Å². The third-order valence-electron chi connectivity index (χ3n) is 3.79. The number of phenols is 1. The van der Waals surface area contributed by atoms with E-state index in [1.165, 1.54) is 18.2 Å². The summed E-state index contributed by atoms with van der Waals surface area (Å²) in [6.45, 7) is 0.0665. The largest absolute Gasteiger partial charge is 0.508 e. The van der Waals surface area contributed by atoms with E-state index in [4.69, 9.17) is 0 Å². The maximum Gasteiger partial charge on any atom is 0.289 e. The lowest BCUT2D eigenvalue weighted by Gasteiger charge is -2.07. The Bertz CT molecular complexity index is 1040. The van der Waals surface area contributed by atoms with Gasteiger partial charge in [0, 0.05) is 29.7 Å². The van der Waals surface area contributed by atoms with Crippen molar-refractivity contribution in [3.8, 4) is 5.75 Å². The van der Waals surface area contributed by atoms with Crippen molar-refractivity contribution in [1.29, 1.82) is 0 Å². The number of aromatic amines is 1. The number of hydrogen-bond acceptors (Lipinski definition) is 5. The number of H-pyrrole nitrogens is 1. The molecule has 0 unspecified atom stereocenters. The summed E-state index contributed by atoms with van der Waals surface area (Å²) in [5.74, 6) is 0.119. The van der Waals surface area contributed by atoms with Gasteiger partial charge in [0.2, 0.25) is 10.0 Å². The van der Waals surface area contributed by atoms with Gasteiger partial charge in [0.1, 0.15) is 5.75 Å². The van der Waals surface area contributed by atoms with E-state index in [1.807, 2.05) is 0 Å². The minimum atomic E-state index is -4.00. The highest BCUT2D eigenvalue weighted by Gasteiger charge is 2.24. The summed E-state index contributed by atoms with van der Waals surface area (Å²) in [7, 11) is -4.00. The maximum absolute atomic E-state index is 12.3. The lowest BCUT2D eigenvalue weighted by atomic mass is 10.1. The van der Waals surface area contributed by atoms with Crippen LogP contribution in [-0.4, -0.2) is 30.0 Å². The molecular weight excluding hydrogens is 346 g/mol. The van der Waals surface area contributed by atoms with Gasteiger partial charge in [0.25, 0.3) is 5.69 Å². The summed E-state index contributed by atoms with van der Waals surface area (Å²) in [4.78, 5) is 12.9. The van der Waals surface area contributed by atoms with E-state index < -0.39 is 20.6 Å². The molecule has 0 amide bonds. The highest BCUT2D eigenvalue weighted by molar-refractivity contribution is 7.89. The molecule has 2 aromatic carbocycles. The van der Waals surface area contributed by atoms with Crippen LogP contribution in [0.2, 0.25) is 0 Å². The van der Waals surface area contributed by atoms with Crippen LogP contribution in [0.4, 0.5) is 5.69 Å². The van der Waals surface area contributed by atoms with Gasteiger partial charge in [0.05, 0.1) is 4.92 Å². The van der Waals surface area contributed by atoms with Crippen LogP contribution in [0.5, 0.6) is 5.75 Å². The number of hydrogen-bond donors (Lipinski definition) is 3. The third-order valence-corrected chi connectivity index (χ3v) is 5.30. The lowest BCUT2D eigenvalue weighted by molar-refractivity contribution is -0.387. The second kappa shape index (κ2) is 6.54. The number of aromatic nitrogens is 1. The second-order valence-corrected chi connectivity index (χ2v) is 7.15. The molecule has 8 nitrogen and oxygen atoms in total. The molecule has 0 aliphatic heterocycles. The summed E-state index contributed by atoms with van der Waals surface area (Å²) in [6.07, 6.45) is 2.10. The Kier molecular flexibility index (Phi) is 4.43. The van der Waals surface area contributed by atoms with Crippen LogP contribution in [0, 0.1) is 10.1 Å². The number of phenolic OH excluding ortho intramolecular Hbond substituents is 1. The molecule has 1 heterocycles. The molecule has 0 bridgehead atoms. The summed E-state index contributed by atoms with van der Waals surface area (Å²) in [5, 5.41) is 21.4. The Morgan fingerprint density at radius 2 is 1.96 bits per heavy atom. The van der Waals surface area contributed by atoms with E-state index in [1.54, 1.807) is 24.4 Å². The van der Waals surface area contributed by atoms with Crippen LogP contribution >= 0.6 is 0 Å². The molecule has 25 heavy (non-hydrogen) atoms. The van der Waals surface area contributed by atoms with Crippen molar-refractivity contribution in [2.45, 2.75) is 11.3 Å². The standard InChI is InChI=1S/C16H15N3O5S/c20-12-5-6-14-13(9-12)11(10-17-14)7-8-18-25(23,24)16-4-2-1-3-15(16)19(21)22/h1-6,9-10,17-18,20H,7-8H2. The molecule has 0 aliphatic carbocycles. The average molecular weight is 361 g/mol. The zero-order chi connectivity index (χ0) is 18.0. The van der Waals surface area contributed by atoms with Crippen molar-refractivity contribution in [2.75, 3.05) is 6.54 Å². The Hall–Kier alpha value is -2.91. The maximum atomic E-state index is 12.3. The van der Waals surface area contributed by atoms with Crippen LogP contribution in [-0.2, 0) is 16.4 Å². The van der Waals surface area contributed by atoms with E-state index in [9.17, 15) is 23.6 Å². The summed E-state index contributed by atoms with van der Waals surface area (Å²) >= 11 is 0. The number of nitro groups is 1. The van der Waals surface area contributed by atoms with Gasteiger partial charge in [-0.25, -0.2) is 13.1 Å². The number of sulfonamides is 1. The molecule has 1 aromatic heterocycles. The zero-order valence-electron chi connectivity index (χ0n) is 13.0. The third kappa shape index (κ3) is 3.47. The normalized spacial score (nSPS) is 11.7. The Morgan fingerprint density at radius 3 is 2.72 bits per heavy atom. The van der Waals surface area contributed by atoms with Crippen molar-refractivity contribution < 1.29 is 18.4 Å². The fourth-order valence-electron chi connectivity index (χ4n) is 2.61. The molecule has 3 rings (SSSR count). The molecule has 3 N–H and O–H groups in total. The first kappa shape index (κ1) is 16.9. The molecule has 0 aliphatic rings. The molecule has 9 heteroatoms. The topological polar surface area (TPSA) is 125 Å². The van der Waals surface area contributed by atoms with Gasteiger partial charge in [-0.1, -0.05) is 12.1 Å². The van der Waals surface area contributed by atoms with Gasteiger partial charge in [-0.05, 0) is 36.2 Å². The van der Waals surface area contributed by atoms with E-state index in [2.05, 4.69) is 9.71 Å². The predicted octanol–water partition coefficient (Wildman–Crippen LogP) is 2.30. The van der Waals surface area contributed by atoms with Gasteiger partial charge in [-0.2, -0.15) is 0 Å². The second-order valence-electron chi connectivity index (χ2n) is 5.42. The molecule has 130 valence electrons. The molecule has 0 saturated carbocycles. The first-order valence-electron chi connectivity index (χ1n) is 7.40. The predicted molar refractivity (Wildman–Crippen MR) is 92.0 cm³/mol. The van der Waals surface area contributed by atoms with Gasteiger partial charge in [0.15, 0.2) is 4.90 Å². The van der Waals surface area contributed by atoms with E-state index in [0.717, 1.165) is 22.5 Å². The molecule has 0 atom stereocenters. The molecule has 0 spiro atoms. The quantitative estimate of drug-likeness (QED) is 0.459. The number of nitrogens with zero attached hydrogens (tertiary/aromatic N) is 1. The molecule has 0 fully saturated rings. The Morgan fingerprint density at radius 1 is 1.20 bits per heavy atom. The average Bonchev–Trinajstić information content (AvgIpc) is 2.97. The Balaban J connectivity index is 1.77. The number of nitro benzene ring substituents is 1. The number of fused-ring (bicyclic) bond motifs is 1. The van der Waals surface area contributed by atoms with Crippen LogP contribution in [0.15, 0.2) is 53.6 Å². The minimum Gasteiger partial charge on any atom is -0.508 e. The molecule has 0 saturated heterocycles. The number of rotatable bonds is 6. The van der Waals surface area contributed by atoms with Crippen molar-refractivity contribution in [2.24, 2.45) is 0 Å². The molecule has 3 aromatic rings. The van der Waals surface area contributed by atoms with Gasteiger partial charge in [-0.15, -0.1) is 0 Å². The monoisotopic (exact) mass is 361 g/mol. The first-order chi connectivity index (χ1) is 11.9. The van der Waals surface area contributed by atoms with E-state index >= 15 is 0 Å². The fourth-order valence-corrected chi connectivity index (χ4v) is 3.81. The van der Waals surface area contributed by atoms with Gasteiger partial charge < -0.3 is 10.1 Å². The highest BCUT2D eigenvalue weighted by atomic mass is 32.2. The van der Waals surface area contributed by atoms with Gasteiger partial charge in [-0.3, -0.25) is 10.1 Å². The van der Waals surface area contributed by atoms with Crippen LogP contribution in [0.3, 0.4) is 0 Å². The molecular formula is C16H15N3O5S. The summed E-state index contributed by atoms with van der Waals surface area (Å²) in [5.41, 5.74) is 1.19. The van der Waals surface area contributed by atoms with E-state index in [0.29, 0.717) is 6.42 Å². The number of nitrogens with one attached hydrogen (secondary N) is 2. The van der Waals surface area contributed by atoms with Crippen LogP contribution < -0.4 is 4.72 Å². The van der Waals surface area contributed by atoms with Crippen molar-refractivity contribution in [1.82, 2.24) is 9.71 Å². The SMILES string of the molecule is O=[N+]([O-])c1ccccc1S(=O)(=O)NCCc1c[nH]c2ccc(O)cc12. The number of aromatic hydroxyl groups is 1. The number of para-hydroxylation sites is 1. The van der Waals surface area contributed by atoms with Crippen molar-refractivity contribution in [3.63, 3.8) is 0 Å². The zero-order valence-corrected chi connectivity index (χ0v) is 13.8. The van der Waals surface area contributed by atoms with Crippen molar-refractivity contribution >= 4 is 26.6 Å². The van der Waals surface area contributed by atoms with Crippen molar-refractivity contribution in [3.05, 3.63) is 64.3 Å².